The lowest BCUT2D eigenvalue weighted by atomic mass is 10.2. The maximum Gasteiger partial charge on any atom is 0.229 e. The summed E-state index contributed by atoms with van der Waals surface area (Å²) >= 11 is 1.59. The summed E-state index contributed by atoms with van der Waals surface area (Å²) in [5.41, 5.74) is 3.11. The molecule has 0 aliphatic carbocycles. The first kappa shape index (κ1) is 27.6. The van der Waals surface area contributed by atoms with Crippen molar-refractivity contribution < 1.29 is 9.13 Å². The van der Waals surface area contributed by atoms with Crippen molar-refractivity contribution >= 4 is 28.2 Å². The Balaban J connectivity index is 1.24. The van der Waals surface area contributed by atoms with Gasteiger partial charge in [-0.2, -0.15) is 5.10 Å². The van der Waals surface area contributed by atoms with Crippen molar-refractivity contribution in [3.63, 3.8) is 0 Å². The first-order chi connectivity index (χ1) is 19.9. The number of rotatable bonds is 9. The van der Waals surface area contributed by atoms with Gasteiger partial charge in [0.2, 0.25) is 5.95 Å². The summed E-state index contributed by atoms with van der Waals surface area (Å²) in [6, 6.07) is 8.69. The number of piperazine rings is 1. The first-order valence-electron chi connectivity index (χ1n) is 14.1. The number of thiazole rings is 1. The van der Waals surface area contributed by atoms with Crippen LogP contribution < -0.4 is 15.0 Å². The highest BCUT2D eigenvalue weighted by atomic mass is 32.1. The lowest BCUT2D eigenvalue weighted by Gasteiger charge is -2.37. The highest BCUT2D eigenvalue weighted by Gasteiger charge is 2.28. The molecular formula is C29H36FN9OS. The Hall–Kier alpha value is -3.61. The van der Waals surface area contributed by atoms with Gasteiger partial charge in [0.05, 0.1) is 37.3 Å². The van der Waals surface area contributed by atoms with Crippen LogP contribution in [0.15, 0.2) is 42.9 Å². The predicted molar refractivity (Wildman–Crippen MR) is 160 cm³/mol. The number of ether oxygens (including phenoxy) is 1. The molecule has 41 heavy (non-hydrogen) atoms. The SMILES string of the molecule is COc1ccc(Cn2cc3c(n2)N(CCN2CCN(C(C)C)CC2)CCc2sc(Nc4ncc(F)cn4)nc2-3)cc1. The average molecular weight is 578 g/mol. The zero-order chi connectivity index (χ0) is 28.3. The largest absolute Gasteiger partial charge is 0.497 e. The van der Waals surface area contributed by atoms with E-state index in [1.807, 2.05) is 16.8 Å². The summed E-state index contributed by atoms with van der Waals surface area (Å²) in [5, 5.41) is 8.92. The number of hydrogen-bond acceptors (Lipinski definition) is 10. The Morgan fingerprint density at radius 1 is 1.02 bits per heavy atom. The number of anilines is 3. The molecule has 2 aliphatic rings. The van der Waals surface area contributed by atoms with Crippen LogP contribution in [-0.4, -0.2) is 93.5 Å². The topological polar surface area (TPSA) is 87.5 Å². The molecule has 1 N–H and O–H groups in total. The number of nitrogens with zero attached hydrogens (tertiary/aromatic N) is 8. The minimum absolute atomic E-state index is 0.324. The molecule has 2 aliphatic heterocycles. The van der Waals surface area contributed by atoms with E-state index in [4.69, 9.17) is 14.8 Å². The molecule has 4 aromatic rings. The lowest BCUT2D eigenvalue weighted by molar-refractivity contribution is 0.110. The zero-order valence-corrected chi connectivity index (χ0v) is 24.6. The fraction of sp³-hybridized carbons (Fsp3) is 0.448. The van der Waals surface area contributed by atoms with Crippen LogP contribution in [0.4, 0.5) is 21.3 Å². The fourth-order valence-electron chi connectivity index (χ4n) is 5.39. The van der Waals surface area contributed by atoms with Crippen molar-refractivity contribution in [3.8, 4) is 17.0 Å². The van der Waals surface area contributed by atoms with Crippen molar-refractivity contribution in [2.45, 2.75) is 32.9 Å². The van der Waals surface area contributed by atoms with Crippen LogP contribution in [0.3, 0.4) is 0 Å². The normalized spacial score (nSPS) is 16.0. The van der Waals surface area contributed by atoms with Gasteiger partial charge in [-0.25, -0.2) is 19.3 Å². The second-order valence-electron chi connectivity index (χ2n) is 10.8. The van der Waals surface area contributed by atoms with Crippen molar-refractivity contribution in [1.29, 1.82) is 0 Å². The predicted octanol–water partition coefficient (Wildman–Crippen LogP) is 4.12. The first-order valence-corrected chi connectivity index (χ1v) is 14.9. The maximum atomic E-state index is 13.3. The van der Waals surface area contributed by atoms with Gasteiger partial charge in [-0.3, -0.25) is 14.5 Å². The second-order valence-corrected chi connectivity index (χ2v) is 11.8. The average Bonchev–Trinajstić information content (AvgIpc) is 3.55. The van der Waals surface area contributed by atoms with Crippen molar-refractivity contribution in [3.05, 3.63) is 59.1 Å². The Labute approximate surface area is 243 Å². The summed E-state index contributed by atoms with van der Waals surface area (Å²) in [7, 11) is 1.68. The molecule has 1 saturated heterocycles. The van der Waals surface area contributed by atoms with E-state index in [1.165, 1.54) is 4.88 Å². The van der Waals surface area contributed by atoms with E-state index in [2.05, 4.69) is 62.2 Å². The van der Waals surface area contributed by atoms with Crippen molar-refractivity contribution in [2.75, 3.05) is 63.1 Å². The Morgan fingerprint density at radius 3 is 2.49 bits per heavy atom. The molecule has 6 rings (SSSR count). The monoisotopic (exact) mass is 577 g/mol. The fourth-order valence-corrected chi connectivity index (χ4v) is 6.35. The molecule has 3 aromatic heterocycles. The van der Waals surface area contributed by atoms with Crippen LogP contribution in [0.1, 0.15) is 24.3 Å². The number of fused-ring (bicyclic) bond motifs is 3. The molecule has 0 spiro atoms. The molecule has 0 radical (unpaired) electrons. The van der Waals surface area contributed by atoms with Crippen LogP contribution in [-0.2, 0) is 13.0 Å². The number of methoxy groups -OCH3 is 1. The van der Waals surface area contributed by atoms with Gasteiger partial charge in [0.15, 0.2) is 16.8 Å². The van der Waals surface area contributed by atoms with Crippen molar-refractivity contribution in [2.24, 2.45) is 0 Å². The smallest absolute Gasteiger partial charge is 0.229 e. The number of hydrogen-bond donors (Lipinski definition) is 1. The molecule has 5 heterocycles. The molecular weight excluding hydrogens is 541 g/mol. The molecule has 10 nitrogen and oxygen atoms in total. The van der Waals surface area contributed by atoms with Crippen LogP contribution in [0.25, 0.3) is 11.3 Å². The molecule has 0 amide bonds. The zero-order valence-electron chi connectivity index (χ0n) is 23.8. The van der Waals surface area contributed by atoms with Gasteiger partial charge < -0.3 is 15.0 Å². The summed E-state index contributed by atoms with van der Waals surface area (Å²) in [4.78, 5) is 21.7. The third-order valence-electron chi connectivity index (χ3n) is 7.77. The molecule has 0 saturated carbocycles. The molecule has 216 valence electrons. The number of nitrogens with one attached hydrogen (secondary N) is 1. The van der Waals surface area contributed by atoms with Gasteiger partial charge in [0.25, 0.3) is 0 Å². The molecule has 0 atom stereocenters. The van der Waals surface area contributed by atoms with E-state index in [0.717, 1.165) is 93.0 Å². The van der Waals surface area contributed by atoms with E-state index in [1.54, 1.807) is 18.4 Å². The van der Waals surface area contributed by atoms with E-state index >= 15 is 0 Å². The molecule has 1 fully saturated rings. The van der Waals surface area contributed by atoms with Crippen LogP contribution in [0.5, 0.6) is 5.75 Å². The summed E-state index contributed by atoms with van der Waals surface area (Å²) in [6.07, 6.45) is 5.27. The molecule has 1 aromatic carbocycles. The van der Waals surface area contributed by atoms with E-state index < -0.39 is 5.82 Å². The van der Waals surface area contributed by atoms with Crippen LogP contribution >= 0.6 is 11.3 Å². The molecule has 0 unspecified atom stereocenters. The number of aromatic nitrogens is 5. The van der Waals surface area contributed by atoms with Crippen LogP contribution in [0, 0.1) is 5.82 Å². The summed E-state index contributed by atoms with van der Waals surface area (Å²) in [6.45, 7) is 12.4. The molecule has 12 heteroatoms. The standard InChI is InChI=1S/C29H36FN9OS/c1-20(2)37-13-10-36(11-14-37)12-15-38-9-8-25-26(33-29(41-25)34-28-31-16-22(30)17-32-28)24-19-39(35-27(24)38)18-21-4-6-23(40-3)7-5-21/h4-7,16-17,19-20H,8-15,18H2,1-3H3,(H,31,32,33,34). The Morgan fingerprint density at radius 2 is 1.78 bits per heavy atom. The minimum atomic E-state index is -0.471. The number of halogens is 1. The van der Waals surface area contributed by atoms with E-state index in [-0.39, 0.29) is 0 Å². The second kappa shape index (κ2) is 12.1. The summed E-state index contributed by atoms with van der Waals surface area (Å²) in [5.74, 6) is 1.65. The van der Waals surface area contributed by atoms with Gasteiger partial charge in [0.1, 0.15) is 5.75 Å². The van der Waals surface area contributed by atoms with Gasteiger partial charge >= 0.3 is 0 Å². The van der Waals surface area contributed by atoms with Gasteiger partial charge in [-0.15, -0.1) is 11.3 Å². The van der Waals surface area contributed by atoms with E-state index in [9.17, 15) is 4.39 Å². The van der Waals surface area contributed by atoms with Gasteiger partial charge in [0, 0.05) is 69.3 Å². The van der Waals surface area contributed by atoms with Gasteiger partial charge in [-0.1, -0.05) is 12.1 Å². The highest BCUT2D eigenvalue weighted by Crippen LogP contribution is 2.40. The highest BCUT2D eigenvalue weighted by molar-refractivity contribution is 7.16. The van der Waals surface area contributed by atoms with Crippen LogP contribution in [0.2, 0.25) is 0 Å². The van der Waals surface area contributed by atoms with E-state index in [0.29, 0.717) is 23.7 Å². The number of benzene rings is 1. The van der Waals surface area contributed by atoms with Gasteiger partial charge in [-0.05, 0) is 31.5 Å². The minimum Gasteiger partial charge on any atom is -0.497 e. The van der Waals surface area contributed by atoms with Crippen molar-refractivity contribution in [1.82, 2.24) is 34.5 Å². The Kier molecular flexibility index (Phi) is 8.13. The molecule has 0 bridgehead atoms. The third kappa shape index (κ3) is 6.34. The Bertz CT molecular complexity index is 1450. The maximum absolute atomic E-state index is 13.3. The lowest BCUT2D eigenvalue weighted by Crippen LogP contribution is -2.50. The quantitative estimate of drug-likeness (QED) is 0.316. The third-order valence-corrected chi connectivity index (χ3v) is 8.80. The summed E-state index contributed by atoms with van der Waals surface area (Å²) < 4.78 is 20.6.